The number of hydrogen-bond donors (Lipinski definition) is 1. The topological polar surface area (TPSA) is 49.4 Å². The van der Waals surface area contributed by atoms with Gasteiger partial charge in [0, 0.05) is 12.1 Å². The summed E-state index contributed by atoms with van der Waals surface area (Å²) in [6, 6.07) is 0.0439. The number of likely N-dealkylation sites (tertiary alicyclic amines) is 1. The van der Waals surface area contributed by atoms with E-state index in [9.17, 15) is 9.59 Å². The van der Waals surface area contributed by atoms with Gasteiger partial charge >= 0.3 is 0 Å². The Morgan fingerprint density at radius 2 is 1.88 bits per heavy atom. The van der Waals surface area contributed by atoms with Gasteiger partial charge in [-0.3, -0.25) is 14.5 Å². The van der Waals surface area contributed by atoms with Crippen LogP contribution in [0.2, 0.25) is 0 Å². The van der Waals surface area contributed by atoms with E-state index in [0.717, 1.165) is 0 Å². The molecule has 1 aliphatic heterocycles. The van der Waals surface area contributed by atoms with E-state index in [0.29, 0.717) is 18.4 Å². The molecule has 1 N–H and O–H groups in total. The minimum Gasteiger partial charge on any atom is -0.303 e. The summed E-state index contributed by atoms with van der Waals surface area (Å²) >= 11 is 0. The SMILES string of the molecule is CC(NC1CC(=O)N(C(C)C)C1=O)C1CC1. The molecule has 4 heteroatoms. The van der Waals surface area contributed by atoms with Crippen LogP contribution in [0.3, 0.4) is 0 Å². The number of hydrogen-bond acceptors (Lipinski definition) is 3. The minimum absolute atomic E-state index is 0.0250. The second-order valence-electron chi connectivity index (χ2n) is 5.25. The fraction of sp³-hybridized carbons (Fsp3) is 0.833. The predicted molar refractivity (Wildman–Crippen MR) is 60.7 cm³/mol. The van der Waals surface area contributed by atoms with Crippen molar-refractivity contribution >= 4 is 11.8 Å². The van der Waals surface area contributed by atoms with Gasteiger partial charge < -0.3 is 5.32 Å². The maximum absolute atomic E-state index is 12.0. The third-order valence-electron chi connectivity index (χ3n) is 3.49. The van der Waals surface area contributed by atoms with E-state index in [1.807, 2.05) is 13.8 Å². The highest BCUT2D eigenvalue weighted by atomic mass is 16.2. The summed E-state index contributed by atoms with van der Waals surface area (Å²) in [5.41, 5.74) is 0. The lowest BCUT2D eigenvalue weighted by Crippen LogP contribution is -2.45. The van der Waals surface area contributed by atoms with Gasteiger partial charge in [-0.05, 0) is 39.5 Å². The number of imide groups is 1. The average Bonchev–Trinajstić information content (AvgIpc) is 2.95. The summed E-state index contributed by atoms with van der Waals surface area (Å²) < 4.78 is 0. The van der Waals surface area contributed by atoms with E-state index >= 15 is 0 Å². The number of amides is 2. The summed E-state index contributed by atoms with van der Waals surface area (Å²) in [6.45, 7) is 5.86. The number of carbonyl (C=O) groups excluding carboxylic acids is 2. The highest BCUT2D eigenvalue weighted by Gasteiger charge is 2.41. The molecular weight excluding hydrogens is 204 g/mol. The number of nitrogens with zero attached hydrogens (tertiary/aromatic N) is 1. The van der Waals surface area contributed by atoms with E-state index in [1.165, 1.54) is 17.7 Å². The average molecular weight is 224 g/mol. The summed E-state index contributed by atoms with van der Waals surface area (Å²) in [4.78, 5) is 25.0. The van der Waals surface area contributed by atoms with Crippen LogP contribution in [-0.4, -0.2) is 34.8 Å². The van der Waals surface area contributed by atoms with Gasteiger partial charge in [0.15, 0.2) is 0 Å². The molecule has 0 aromatic heterocycles. The molecule has 2 fully saturated rings. The fourth-order valence-electron chi connectivity index (χ4n) is 2.37. The third-order valence-corrected chi connectivity index (χ3v) is 3.49. The molecule has 0 bridgehead atoms. The summed E-state index contributed by atoms with van der Waals surface area (Å²) in [5, 5.41) is 3.29. The maximum Gasteiger partial charge on any atom is 0.247 e. The molecule has 90 valence electrons. The zero-order valence-corrected chi connectivity index (χ0v) is 10.2. The van der Waals surface area contributed by atoms with Crippen LogP contribution in [0.25, 0.3) is 0 Å². The molecule has 2 rings (SSSR count). The smallest absolute Gasteiger partial charge is 0.247 e. The van der Waals surface area contributed by atoms with Crippen LogP contribution < -0.4 is 5.32 Å². The van der Waals surface area contributed by atoms with Gasteiger partial charge in [-0.15, -0.1) is 0 Å². The van der Waals surface area contributed by atoms with Crippen molar-refractivity contribution in [3.05, 3.63) is 0 Å². The van der Waals surface area contributed by atoms with Gasteiger partial charge in [-0.25, -0.2) is 0 Å². The quantitative estimate of drug-likeness (QED) is 0.722. The first kappa shape index (κ1) is 11.6. The first-order valence-electron chi connectivity index (χ1n) is 6.12. The summed E-state index contributed by atoms with van der Waals surface area (Å²) in [6.07, 6.45) is 2.82. The van der Waals surface area contributed by atoms with Crippen molar-refractivity contribution in [2.24, 2.45) is 5.92 Å². The number of rotatable bonds is 4. The normalized spacial score (nSPS) is 28.0. The van der Waals surface area contributed by atoms with E-state index < -0.39 is 0 Å². The first-order chi connectivity index (χ1) is 7.50. The van der Waals surface area contributed by atoms with Crippen LogP contribution in [-0.2, 0) is 9.59 Å². The molecule has 2 amide bonds. The zero-order valence-electron chi connectivity index (χ0n) is 10.2. The first-order valence-corrected chi connectivity index (χ1v) is 6.12. The van der Waals surface area contributed by atoms with Crippen LogP contribution in [0.1, 0.15) is 40.0 Å². The second-order valence-corrected chi connectivity index (χ2v) is 5.25. The van der Waals surface area contributed by atoms with Crippen LogP contribution in [0.15, 0.2) is 0 Å². The Morgan fingerprint density at radius 3 is 2.31 bits per heavy atom. The molecule has 0 aromatic carbocycles. The van der Waals surface area contributed by atoms with Gasteiger partial charge in [0.1, 0.15) is 0 Å². The van der Waals surface area contributed by atoms with Gasteiger partial charge in [0.2, 0.25) is 11.8 Å². The molecule has 1 saturated carbocycles. The summed E-state index contributed by atoms with van der Waals surface area (Å²) in [7, 11) is 0. The van der Waals surface area contributed by atoms with Crippen molar-refractivity contribution in [2.45, 2.75) is 58.2 Å². The molecule has 2 aliphatic rings. The summed E-state index contributed by atoms with van der Waals surface area (Å²) in [5.74, 6) is 0.615. The molecular formula is C12H20N2O2. The fourth-order valence-corrected chi connectivity index (χ4v) is 2.37. The van der Waals surface area contributed by atoms with Crippen molar-refractivity contribution in [1.29, 1.82) is 0 Å². The van der Waals surface area contributed by atoms with Gasteiger partial charge in [0.05, 0.1) is 12.5 Å². The molecule has 0 aromatic rings. The number of carbonyl (C=O) groups is 2. The Morgan fingerprint density at radius 1 is 1.25 bits per heavy atom. The van der Waals surface area contributed by atoms with E-state index in [4.69, 9.17) is 0 Å². The van der Waals surface area contributed by atoms with Gasteiger partial charge in [-0.2, -0.15) is 0 Å². The van der Waals surface area contributed by atoms with Crippen molar-refractivity contribution < 1.29 is 9.59 Å². The van der Waals surface area contributed by atoms with Crippen molar-refractivity contribution in [3.63, 3.8) is 0 Å². The Bertz CT molecular complexity index is 310. The molecule has 2 atom stereocenters. The Hall–Kier alpha value is -0.900. The Kier molecular flexibility index (Phi) is 3.02. The molecule has 2 unspecified atom stereocenters. The molecule has 0 spiro atoms. The van der Waals surface area contributed by atoms with E-state index in [2.05, 4.69) is 12.2 Å². The Balaban J connectivity index is 1.96. The lowest BCUT2D eigenvalue weighted by Gasteiger charge is -2.21. The molecule has 4 nitrogen and oxygen atoms in total. The van der Waals surface area contributed by atoms with Crippen LogP contribution in [0.5, 0.6) is 0 Å². The molecule has 0 radical (unpaired) electrons. The van der Waals surface area contributed by atoms with E-state index in [1.54, 1.807) is 0 Å². The maximum atomic E-state index is 12.0. The largest absolute Gasteiger partial charge is 0.303 e. The molecule has 1 aliphatic carbocycles. The van der Waals surface area contributed by atoms with Crippen molar-refractivity contribution in [1.82, 2.24) is 10.2 Å². The Labute approximate surface area is 96.4 Å². The molecule has 1 heterocycles. The van der Waals surface area contributed by atoms with Gasteiger partial charge in [-0.1, -0.05) is 0 Å². The standard InChI is InChI=1S/C12H20N2O2/c1-7(2)14-11(15)6-10(12(14)16)13-8(3)9-4-5-9/h7-10,13H,4-6H2,1-3H3. The van der Waals surface area contributed by atoms with Crippen LogP contribution >= 0.6 is 0 Å². The lowest BCUT2D eigenvalue weighted by molar-refractivity contribution is -0.140. The van der Waals surface area contributed by atoms with Crippen LogP contribution in [0, 0.1) is 5.92 Å². The monoisotopic (exact) mass is 224 g/mol. The minimum atomic E-state index is -0.287. The van der Waals surface area contributed by atoms with Crippen molar-refractivity contribution in [2.75, 3.05) is 0 Å². The second kappa shape index (κ2) is 4.17. The molecule has 1 saturated heterocycles. The zero-order chi connectivity index (χ0) is 11.9. The van der Waals surface area contributed by atoms with Gasteiger partial charge in [0.25, 0.3) is 0 Å². The van der Waals surface area contributed by atoms with Crippen molar-refractivity contribution in [3.8, 4) is 0 Å². The highest BCUT2D eigenvalue weighted by Crippen LogP contribution is 2.33. The number of nitrogens with one attached hydrogen (secondary N) is 1. The van der Waals surface area contributed by atoms with E-state index in [-0.39, 0.29) is 23.9 Å². The van der Waals surface area contributed by atoms with Crippen LogP contribution in [0.4, 0.5) is 0 Å². The predicted octanol–water partition coefficient (Wildman–Crippen LogP) is 0.910. The highest BCUT2D eigenvalue weighted by molar-refractivity contribution is 6.05. The third kappa shape index (κ3) is 2.12. The lowest BCUT2D eigenvalue weighted by atomic mass is 10.1. The molecule has 16 heavy (non-hydrogen) atoms.